The van der Waals surface area contributed by atoms with E-state index in [0.717, 1.165) is 16.9 Å². The number of benzene rings is 2. The van der Waals surface area contributed by atoms with Gasteiger partial charge in [0.25, 0.3) is 11.5 Å². The molecule has 0 unspecified atom stereocenters. The Morgan fingerprint density at radius 2 is 1.75 bits per heavy atom. The zero-order valence-electron chi connectivity index (χ0n) is 17.6. The maximum atomic E-state index is 12.8. The van der Waals surface area contributed by atoms with Crippen LogP contribution >= 0.6 is 11.3 Å². The fourth-order valence-corrected chi connectivity index (χ4v) is 3.79. The van der Waals surface area contributed by atoms with Crippen molar-refractivity contribution in [3.63, 3.8) is 0 Å². The number of carbonyl (C=O) groups is 1. The van der Waals surface area contributed by atoms with E-state index in [0.29, 0.717) is 33.6 Å². The Bertz CT molecular complexity index is 1340. The average molecular weight is 451 g/mol. The van der Waals surface area contributed by atoms with Crippen molar-refractivity contribution < 1.29 is 14.3 Å². The van der Waals surface area contributed by atoms with Crippen molar-refractivity contribution in [1.82, 2.24) is 14.6 Å². The van der Waals surface area contributed by atoms with Crippen LogP contribution in [-0.2, 0) is 4.79 Å². The van der Waals surface area contributed by atoms with Crippen LogP contribution in [-0.4, -0.2) is 33.7 Å². The summed E-state index contributed by atoms with van der Waals surface area (Å²) in [6, 6.07) is 14.5. The lowest BCUT2D eigenvalue weighted by atomic mass is 10.2. The van der Waals surface area contributed by atoms with Crippen LogP contribution in [0.4, 0.5) is 0 Å². The molecule has 0 radical (unpaired) electrons. The largest absolute Gasteiger partial charge is 0.493 e. The van der Waals surface area contributed by atoms with Crippen molar-refractivity contribution in [1.29, 1.82) is 0 Å². The number of hydrogen-bond acceptors (Lipinski definition) is 7. The molecule has 0 atom stereocenters. The molecule has 2 aromatic carbocycles. The van der Waals surface area contributed by atoms with Gasteiger partial charge in [-0.25, -0.2) is 0 Å². The Morgan fingerprint density at radius 1 is 1.09 bits per heavy atom. The summed E-state index contributed by atoms with van der Waals surface area (Å²) >= 11 is 1.27. The Balaban J connectivity index is 1.54. The molecule has 4 rings (SSSR count). The summed E-state index contributed by atoms with van der Waals surface area (Å²) in [5.41, 5.74) is 6.47. The molecule has 0 saturated carbocycles. The Labute approximate surface area is 187 Å². The summed E-state index contributed by atoms with van der Waals surface area (Å²) in [5.74, 6) is 1.71. The molecule has 0 aliphatic heterocycles. The van der Waals surface area contributed by atoms with Crippen LogP contribution in [0.1, 0.15) is 19.4 Å². The normalized spacial score (nSPS) is 11.9. The molecule has 0 aliphatic carbocycles. The van der Waals surface area contributed by atoms with Crippen molar-refractivity contribution in [2.45, 2.75) is 13.8 Å². The fourth-order valence-electron chi connectivity index (χ4n) is 2.89. The molecule has 2 heterocycles. The number of fused-ring (bicyclic) bond motifs is 1. The lowest BCUT2D eigenvalue weighted by Gasteiger charge is -2.08. The lowest BCUT2D eigenvalue weighted by molar-refractivity contribution is -0.119. The highest BCUT2D eigenvalue weighted by molar-refractivity contribution is 7.15. The molecule has 0 spiro atoms. The first kappa shape index (κ1) is 21.5. The number of carbonyl (C=O) groups excluding carboxylic acids is 1. The third kappa shape index (κ3) is 4.94. The molecule has 0 bridgehead atoms. The third-order valence-electron chi connectivity index (χ3n) is 4.44. The molecule has 32 heavy (non-hydrogen) atoms. The van der Waals surface area contributed by atoms with E-state index in [-0.39, 0.29) is 12.2 Å². The van der Waals surface area contributed by atoms with Crippen LogP contribution < -0.4 is 25.3 Å². The summed E-state index contributed by atoms with van der Waals surface area (Å²) in [6.45, 7) is 4.66. The highest BCUT2D eigenvalue weighted by Gasteiger charge is 2.12. The van der Waals surface area contributed by atoms with Crippen molar-refractivity contribution in [2.24, 2.45) is 11.7 Å². The Hall–Kier alpha value is -3.72. The maximum absolute atomic E-state index is 12.8. The SMILES string of the molecule is CC(C)COc1ccc(-c2nc3s/c(=C\c4ccc(OCC(N)=O)cc4)c(=O)n3n2)cc1. The topological polar surface area (TPSA) is 109 Å². The monoisotopic (exact) mass is 450 g/mol. The number of thiazole rings is 1. The lowest BCUT2D eigenvalue weighted by Crippen LogP contribution is -2.23. The van der Waals surface area contributed by atoms with E-state index in [1.165, 1.54) is 15.9 Å². The van der Waals surface area contributed by atoms with Crippen molar-refractivity contribution >= 4 is 28.3 Å². The molecule has 9 heteroatoms. The van der Waals surface area contributed by atoms with Gasteiger partial charge in [-0.1, -0.05) is 37.3 Å². The molecular formula is C23H22N4O4S. The molecule has 4 aromatic rings. The van der Waals surface area contributed by atoms with Crippen LogP contribution in [0.15, 0.2) is 53.3 Å². The van der Waals surface area contributed by atoms with E-state index in [2.05, 4.69) is 23.9 Å². The fraction of sp³-hybridized carbons (Fsp3) is 0.217. The van der Waals surface area contributed by atoms with Crippen molar-refractivity contribution in [2.75, 3.05) is 13.2 Å². The number of nitrogens with two attached hydrogens (primary N) is 1. The second-order valence-electron chi connectivity index (χ2n) is 7.60. The van der Waals surface area contributed by atoms with Gasteiger partial charge in [-0.3, -0.25) is 9.59 Å². The summed E-state index contributed by atoms with van der Waals surface area (Å²) < 4.78 is 12.8. The molecular weight excluding hydrogens is 428 g/mol. The quantitative estimate of drug-likeness (QED) is 0.441. The second kappa shape index (κ2) is 9.19. The van der Waals surface area contributed by atoms with Gasteiger partial charge in [-0.15, -0.1) is 5.10 Å². The van der Waals surface area contributed by atoms with E-state index in [1.54, 1.807) is 30.3 Å². The minimum Gasteiger partial charge on any atom is -0.493 e. The number of primary amides is 1. The number of ether oxygens (including phenoxy) is 2. The third-order valence-corrected chi connectivity index (χ3v) is 5.40. The zero-order chi connectivity index (χ0) is 22.7. The molecule has 2 N–H and O–H groups in total. The zero-order valence-corrected chi connectivity index (χ0v) is 18.5. The van der Waals surface area contributed by atoms with Crippen LogP contribution in [0.3, 0.4) is 0 Å². The van der Waals surface area contributed by atoms with Gasteiger partial charge < -0.3 is 15.2 Å². The van der Waals surface area contributed by atoms with E-state index in [1.807, 2.05) is 24.3 Å². The summed E-state index contributed by atoms with van der Waals surface area (Å²) in [7, 11) is 0. The van der Waals surface area contributed by atoms with Crippen LogP contribution in [0.5, 0.6) is 11.5 Å². The van der Waals surface area contributed by atoms with Gasteiger partial charge in [-0.05, 0) is 54.0 Å². The van der Waals surface area contributed by atoms with Gasteiger partial charge in [0.1, 0.15) is 11.5 Å². The molecule has 164 valence electrons. The average Bonchev–Trinajstić information content (AvgIpc) is 3.31. The van der Waals surface area contributed by atoms with E-state index in [4.69, 9.17) is 15.2 Å². The van der Waals surface area contributed by atoms with Crippen LogP contribution in [0, 0.1) is 5.92 Å². The van der Waals surface area contributed by atoms with Gasteiger partial charge in [0.05, 0.1) is 11.1 Å². The van der Waals surface area contributed by atoms with E-state index in [9.17, 15) is 9.59 Å². The van der Waals surface area contributed by atoms with Gasteiger partial charge in [0.2, 0.25) is 4.96 Å². The molecule has 0 saturated heterocycles. The van der Waals surface area contributed by atoms with Crippen molar-refractivity contribution in [3.05, 3.63) is 69.0 Å². The number of rotatable bonds is 8. The molecule has 0 fully saturated rings. The van der Waals surface area contributed by atoms with Crippen molar-refractivity contribution in [3.8, 4) is 22.9 Å². The summed E-state index contributed by atoms with van der Waals surface area (Å²) in [6.07, 6.45) is 1.77. The standard InChI is InChI=1S/C23H22N4O4S/c1-14(2)12-30-18-9-5-16(6-10-18)21-25-23-27(26-21)22(29)19(32-23)11-15-3-7-17(8-4-15)31-13-20(24)28/h3-11,14H,12-13H2,1-2H3,(H2,24,28)/b19-11-. The van der Waals surface area contributed by atoms with E-state index >= 15 is 0 Å². The predicted molar refractivity (Wildman–Crippen MR) is 123 cm³/mol. The first-order valence-corrected chi connectivity index (χ1v) is 10.9. The van der Waals surface area contributed by atoms with Gasteiger partial charge in [0, 0.05) is 5.56 Å². The number of aromatic nitrogens is 3. The predicted octanol–water partition coefficient (Wildman–Crippen LogP) is 2.26. The van der Waals surface area contributed by atoms with Crippen LogP contribution in [0.25, 0.3) is 22.4 Å². The minimum atomic E-state index is -0.541. The summed E-state index contributed by atoms with van der Waals surface area (Å²) in [5, 5.41) is 4.38. The second-order valence-corrected chi connectivity index (χ2v) is 8.61. The number of amides is 1. The Kier molecular flexibility index (Phi) is 6.18. The first-order chi connectivity index (χ1) is 15.4. The minimum absolute atomic E-state index is 0.183. The number of nitrogens with zero attached hydrogens (tertiary/aromatic N) is 3. The molecule has 0 aliphatic rings. The highest BCUT2D eigenvalue weighted by Crippen LogP contribution is 2.21. The summed E-state index contributed by atoms with van der Waals surface area (Å²) in [4.78, 5) is 28.6. The Morgan fingerprint density at radius 3 is 2.38 bits per heavy atom. The molecule has 1 amide bonds. The maximum Gasteiger partial charge on any atom is 0.291 e. The first-order valence-electron chi connectivity index (χ1n) is 10.0. The smallest absolute Gasteiger partial charge is 0.291 e. The number of hydrogen-bond donors (Lipinski definition) is 1. The van der Waals surface area contributed by atoms with Gasteiger partial charge in [0.15, 0.2) is 12.4 Å². The van der Waals surface area contributed by atoms with Gasteiger partial charge >= 0.3 is 0 Å². The molecule has 2 aromatic heterocycles. The highest BCUT2D eigenvalue weighted by atomic mass is 32.1. The van der Waals surface area contributed by atoms with E-state index < -0.39 is 5.91 Å². The van der Waals surface area contributed by atoms with Crippen LogP contribution in [0.2, 0.25) is 0 Å². The van der Waals surface area contributed by atoms with Gasteiger partial charge in [-0.2, -0.15) is 9.50 Å². The molecule has 8 nitrogen and oxygen atoms in total.